The van der Waals surface area contributed by atoms with Gasteiger partial charge in [-0.15, -0.1) is 35.3 Å². The Morgan fingerprint density at radius 3 is 2.71 bits per heavy atom. The second-order valence-corrected chi connectivity index (χ2v) is 6.20. The molecule has 21 heavy (non-hydrogen) atoms. The molecule has 122 valence electrons. The van der Waals surface area contributed by atoms with Crippen LogP contribution in [-0.2, 0) is 11.3 Å². The number of aliphatic imine (C=N–C) groups is 1. The van der Waals surface area contributed by atoms with Gasteiger partial charge < -0.3 is 15.4 Å². The fourth-order valence-corrected chi connectivity index (χ4v) is 2.52. The molecule has 0 aliphatic carbocycles. The average molecular weight is 425 g/mol. The minimum atomic E-state index is 0. The molecule has 1 rings (SSSR count). The molecular formula is C15H28IN3OS. The number of halogens is 1. The molecule has 6 heteroatoms. The van der Waals surface area contributed by atoms with Gasteiger partial charge >= 0.3 is 0 Å². The second-order valence-electron chi connectivity index (χ2n) is 5.20. The lowest BCUT2D eigenvalue weighted by Crippen LogP contribution is -2.37. The van der Waals surface area contributed by atoms with Crippen molar-refractivity contribution in [3.8, 4) is 0 Å². The predicted octanol–water partition coefficient (Wildman–Crippen LogP) is 3.40. The Kier molecular flexibility index (Phi) is 12.0. The maximum absolute atomic E-state index is 5.55. The first-order chi connectivity index (χ1) is 9.63. The third-order valence-electron chi connectivity index (χ3n) is 2.82. The van der Waals surface area contributed by atoms with Crippen molar-refractivity contribution >= 4 is 41.3 Å². The number of thiophene rings is 1. The molecule has 0 spiro atoms. The van der Waals surface area contributed by atoms with Gasteiger partial charge in [0.2, 0.25) is 0 Å². The van der Waals surface area contributed by atoms with Gasteiger partial charge in [-0.1, -0.05) is 13.8 Å². The summed E-state index contributed by atoms with van der Waals surface area (Å²) in [5, 5.41) is 8.75. The van der Waals surface area contributed by atoms with E-state index in [-0.39, 0.29) is 24.0 Å². The smallest absolute Gasteiger partial charge is 0.191 e. The zero-order valence-corrected chi connectivity index (χ0v) is 16.6. The number of nitrogens with one attached hydrogen (secondary N) is 2. The van der Waals surface area contributed by atoms with Gasteiger partial charge in [0.1, 0.15) is 0 Å². The van der Waals surface area contributed by atoms with Gasteiger partial charge in [0.05, 0.1) is 6.54 Å². The number of nitrogens with zero attached hydrogens (tertiary/aromatic N) is 1. The van der Waals surface area contributed by atoms with Gasteiger partial charge in [-0.25, -0.2) is 0 Å². The average Bonchev–Trinajstić information content (AvgIpc) is 2.82. The van der Waals surface area contributed by atoms with Crippen LogP contribution in [0, 0.1) is 12.8 Å². The highest BCUT2D eigenvalue weighted by atomic mass is 127. The molecule has 0 radical (unpaired) electrons. The Bertz CT molecular complexity index is 407. The predicted molar refractivity (Wildman–Crippen MR) is 103 cm³/mol. The minimum Gasteiger partial charge on any atom is -0.381 e. The minimum absolute atomic E-state index is 0. The Morgan fingerprint density at radius 1 is 1.38 bits per heavy atom. The van der Waals surface area contributed by atoms with Crippen LogP contribution in [0.25, 0.3) is 0 Å². The van der Waals surface area contributed by atoms with E-state index in [1.54, 1.807) is 18.4 Å². The number of hydrogen-bond acceptors (Lipinski definition) is 3. The lowest BCUT2D eigenvalue weighted by Gasteiger charge is -2.12. The number of aryl methyl sites for hydroxylation is 1. The highest BCUT2D eigenvalue weighted by Crippen LogP contribution is 2.14. The lowest BCUT2D eigenvalue weighted by atomic mass is 10.2. The highest BCUT2D eigenvalue weighted by Gasteiger charge is 2.01. The normalized spacial score (nSPS) is 11.4. The van der Waals surface area contributed by atoms with E-state index in [2.05, 4.69) is 47.8 Å². The largest absolute Gasteiger partial charge is 0.381 e. The first kappa shape index (κ1) is 20.7. The van der Waals surface area contributed by atoms with E-state index in [1.807, 2.05) is 0 Å². The van der Waals surface area contributed by atoms with Crippen molar-refractivity contribution in [2.24, 2.45) is 10.9 Å². The molecule has 0 atom stereocenters. The van der Waals surface area contributed by atoms with Gasteiger partial charge in [-0.2, -0.15) is 0 Å². The van der Waals surface area contributed by atoms with Crippen molar-refractivity contribution < 1.29 is 4.74 Å². The van der Waals surface area contributed by atoms with Crippen molar-refractivity contribution in [1.29, 1.82) is 0 Å². The van der Waals surface area contributed by atoms with Gasteiger partial charge in [-0.05, 0) is 36.3 Å². The number of rotatable bonds is 8. The maximum atomic E-state index is 5.55. The third kappa shape index (κ3) is 9.31. The first-order valence-corrected chi connectivity index (χ1v) is 8.06. The summed E-state index contributed by atoms with van der Waals surface area (Å²) in [7, 11) is 1.80. The van der Waals surface area contributed by atoms with E-state index in [9.17, 15) is 0 Å². The van der Waals surface area contributed by atoms with Gasteiger partial charge in [0, 0.05) is 31.7 Å². The van der Waals surface area contributed by atoms with Crippen LogP contribution in [0.15, 0.2) is 16.4 Å². The fourth-order valence-electron chi connectivity index (χ4n) is 1.67. The Balaban J connectivity index is 0.00000400. The Hall–Kier alpha value is -0.340. The fraction of sp³-hybridized carbons (Fsp3) is 0.667. The number of guanidine groups is 1. The summed E-state index contributed by atoms with van der Waals surface area (Å²) in [5.41, 5.74) is 1.33. The summed E-state index contributed by atoms with van der Waals surface area (Å²) < 4.78 is 5.55. The second kappa shape index (κ2) is 12.2. The van der Waals surface area contributed by atoms with E-state index in [0.717, 1.165) is 38.7 Å². The number of ether oxygens (including phenoxy) is 1. The standard InChI is InChI=1S/C15H27N3OS.HI/c1-12(2)11-19-8-5-7-17-15(16-4)18-10-14-13(3)6-9-20-14;/h6,9,12H,5,7-8,10-11H2,1-4H3,(H2,16,17,18);1H. The van der Waals surface area contributed by atoms with Crippen LogP contribution in [0.5, 0.6) is 0 Å². The molecule has 0 fully saturated rings. The molecule has 0 aromatic carbocycles. The quantitative estimate of drug-likeness (QED) is 0.291. The summed E-state index contributed by atoms with van der Waals surface area (Å²) in [5.74, 6) is 1.45. The lowest BCUT2D eigenvalue weighted by molar-refractivity contribution is 0.108. The van der Waals surface area contributed by atoms with E-state index in [0.29, 0.717) is 5.92 Å². The molecule has 1 aromatic heterocycles. The molecule has 0 saturated carbocycles. The van der Waals surface area contributed by atoms with Gasteiger partial charge in [0.25, 0.3) is 0 Å². The van der Waals surface area contributed by atoms with E-state index in [1.165, 1.54) is 10.4 Å². The Labute approximate surface area is 149 Å². The van der Waals surface area contributed by atoms with Crippen molar-refractivity contribution in [3.05, 3.63) is 21.9 Å². The third-order valence-corrected chi connectivity index (χ3v) is 3.84. The first-order valence-electron chi connectivity index (χ1n) is 7.18. The summed E-state index contributed by atoms with van der Waals surface area (Å²) in [6, 6.07) is 2.14. The Morgan fingerprint density at radius 2 is 2.14 bits per heavy atom. The molecule has 0 aliphatic heterocycles. The van der Waals surface area contributed by atoms with Gasteiger partial charge in [-0.3, -0.25) is 4.99 Å². The highest BCUT2D eigenvalue weighted by molar-refractivity contribution is 14.0. The van der Waals surface area contributed by atoms with Crippen molar-refractivity contribution in [2.45, 2.75) is 33.7 Å². The van der Waals surface area contributed by atoms with Crippen molar-refractivity contribution in [1.82, 2.24) is 10.6 Å². The van der Waals surface area contributed by atoms with Crippen LogP contribution >= 0.6 is 35.3 Å². The molecule has 0 aliphatic rings. The van der Waals surface area contributed by atoms with Gasteiger partial charge in [0.15, 0.2) is 5.96 Å². The molecular weight excluding hydrogens is 397 g/mol. The van der Waals surface area contributed by atoms with Crippen LogP contribution < -0.4 is 10.6 Å². The zero-order valence-electron chi connectivity index (χ0n) is 13.4. The summed E-state index contributed by atoms with van der Waals surface area (Å²) in [6.07, 6.45) is 0.992. The molecule has 1 heterocycles. The van der Waals surface area contributed by atoms with Crippen LogP contribution in [-0.4, -0.2) is 32.8 Å². The SMILES string of the molecule is CN=C(NCCCOCC(C)C)NCc1sccc1C.I. The van der Waals surface area contributed by atoms with E-state index in [4.69, 9.17) is 4.74 Å². The van der Waals surface area contributed by atoms with Crippen LogP contribution in [0.1, 0.15) is 30.7 Å². The topological polar surface area (TPSA) is 45.7 Å². The van der Waals surface area contributed by atoms with Crippen molar-refractivity contribution in [2.75, 3.05) is 26.8 Å². The van der Waals surface area contributed by atoms with Crippen LogP contribution in [0.2, 0.25) is 0 Å². The van der Waals surface area contributed by atoms with E-state index >= 15 is 0 Å². The summed E-state index contributed by atoms with van der Waals surface area (Å²) in [6.45, 7) is 9.80. The summed E-state index contributed by atoms with van der Waals surface area (Å²) >= 11 is 1.77. The molecule has 0 bridgehead atoms. The number of hydrogen-bond donors (Lipinski definition) is 2. The van der Waals surface area contributed by atoms with Crippen molar-refractivity contribution in [3.63, 3.8) is 0 Å². The molecule has 0 unspecified atom stereocenters. The molecule has 0 amide bonds. The molecule has 4 nitrogen and oxygen atoms in total. The maximum Gasteiger partial charge on any atom is 0.191 e. The van der Waals surface area contributed by atoms with Crippen LogP contribution in [0.3, 0.4) is 0 Å². The molecule has 2 N–H and O–H groups in total. The molecule has 1 aromatic rings. The van der Waals surface area contributed by atoms with Crippen LogP contribution in [0.4, 0.5) is 0 Å². The molecule has 0 saturated heterocycles. The monoisotopic (exact) mass is 425 g/mol. The summed E-state index contributed by atoms with van der Waals surface area (Å²) in [4.78, 5) is 5.58. The van der Waals surface area contributed by atoms with E-state index < -0.39 is 0 Å². The zero-order chi connectivity index (χ0) is 14.8.